The van der Waals surface area contributed by atoms with E-state index in [1.165, 1.54) is 0 Å². The van der Waals surface area contributed by atoms with Gasteiger partial charge in [0.1, 0.15) is 6.26 Å². The number of oxazole rings is 1. The highest BCUT2D eigenvalue weighted by atomic mass is 32.2. The van der Waals surface area contributed by atoms with Crippen LogP contribution in [0.4, 0.5) is 0 Å². The zero-order valence-electron chi connectivity index (χ0n) is 13.5. The van der Waals surface area contributed by atoms with Crippen LogP contribution >= 0.6 is 0 Å². The van der Waals surface area contributed by atoms with E-state index in [0.29, 0.717) is 25.4 Å². The highest BCUT2D eigenvalue weighted by Crippen LogP contribution is 2.17. The van der Waals surface area contributed by atoms with Crippen LogP contribution in [0, 0.1) is 0 Å². The van der Waals surface area contributed by atoms with E-state index in [1.54, 1.807) is 6.26 Å². The first-order valence-corrected chi connectivity index (χ1v) is 9.36. The van der Waals surface area contributed by atoms with Gasteiger partial charge in [-0.3, -0.25) is 0 Å². The predicted octanol–water partition coefficient (Wildman–Crippen LogP) is 2.15. The first kappa shape index (κ1) is 17.7. The summed E-state index contributed by atoms with van der Waals surface area (Å²) in [6.45, 7) is 4.64. The molecule has 6 nitrogen and oxygen atoms in total. The summed E-state index contributed by atoms with van der Waals surface area (Å²) in [6.07, 6.45) is 2.22. The molecule has 0 bridgehead atoms. The van der Waals surface area contributed by atoms with Crippen LogP contribution in [0.15, 0.2) is 41.0 Å². The van der Waals surface area contributed by atoms with Crippen molar-refractivity contribution >= 4 is 10.0 Å². The van der Waals surface area contributed by atoms with Crippen molar-refractivity contribution in [3.05, 3.63) is 42.3 Å². The molecule has 2 rings (SSSR count). The second-order valence-corrected chi connectivity index (χ2v) is 7.39. The van der Waals surface area contributed by atoms with Crippen LogP contribution in [0.25, 0.3) is 11.5 Å². The number of hydrogen-bond acceptors (Lipinski definition) is 5. The number of sulfonamides is 1. The zero-order chi connectivity index (χ0) is 16.7. The fourth-order valence-corrected chi connectivity index (χ4v) is 3.23. The molecule has 2 aromatic rings. The minimum atomic E-state index is -3.17. The van der Waals surface area contributed by atoms with Crippen LogP contribution in [-0.4, -0.2) is 31.7 Å². The first-order chi connectivity index (χ1) is 11.0. The van der Waals surface area contributed by atoms with Crippen molar-refractivity contribution in [3.63, 3.8) is 0 Å². The largest absolute Gasteiger partial charge is 0.444 e. The minimum Gasteiger partial charge on any atom is -0.444 e. The van der Waals surface area contributed by atoms with Crippen LogP contribution < -0.4 is 10.0 Å². The Morgan fingerprint density at radius 3 is 2.70 bits per heavy atom. The molecule has 0 aliphatic carbocycles. The van der Waals surface area contributed by atoms with Crippen molar-refractivity contribution in [1.29, 1.82) is 0 Å². The maximum absolute atomic E-state index is 11.6. The lowest BCUT2D eigenvalue weighted by molar-refractivity contribution is 0.518. The molecule has 1 heterocycles. The third-order valence-electron chi connectivity index (χ3n) is 3.29. The molecule has 126 valence electrons. The molecule has 0 fully saturated rings. The van der Waals surface area contributed by atoms with E-state index in [9.17, 15) is 8.42 Å². The van der Waals surface area contributed by atoms with E-state index in [-0.39, 0.29) is 11.8 Å². The van der Waals surface area contributed by atoms with E-state index in [2.05, 4.69) is 15.0 Å². The molecular formula is C16H23N3O3S. The van der Waals surface area contributed by atoms with Crippen molar-refractivity contribution in [1.82, 2.24) is 15.0 Å². The number of aromatic nitrogens is 1. The van der Waals surface area contributed by atoms with E-state index in [1.807, 2.05) is 44.2 Å². The second kappa shape index (κ2) is 8.24. The Bertz CT molecular complexity index is 698. The van der Waals surface area contributed by atoms with E-state index in [0.717, 1.165) is 11.3 Å². The summed E-state index contributed by atoms with van der Waals surface area (Å²) in [4.78, 5) is 4.42. The average molecular weight is 337 g/mol. The third kappa shape index (κ3) is 5.78. The van der Waals surface area contributed by atoms with Crippen LogP contribution in [-0.2, 0) is 16.6 Å². The Morgan fingerprint density at radius 1 is 1.26 bits per heavy atom. The van der Waals surface area contributed by atoms with Gasteiger partial charge in [0.25, 0.3) is 0 Å². The topological polar surface area (TPSA) is 84.2 Å². The van der Waals surface area contributed by atoms with Gasteiger partial charge in [0, 0.05) is 24.7 Å². The number of benzene rings is 1. The molecule has 1 aromatic heterocycles. The fraction of sp³-hybridized carbons (Fsp3) is 0.438. The highest BCUT2D eigenvalue weighted by Gasteiger charge is 2.11. The Kier molecular flexibility index (Phi) is 6.32. The summed E-state index contributed by atoms with van der Waals surface area (Å²) < 4.78 is 31.3. The molecule has 0 aliphatic rings. The second-order valence-electron chi connectivity index (χ2n) is 5.46. The molecule has 0 radical (unpaired) electrons. The van der Waals surface area contributed by atoms with Crippen LogP contribution in [0.3, 0.4) is 0 Å². The highest BCUT2D eigenvalue weighted by molar-refractivity contribution is 7.89. The van der Waals surface area contributed by atoms with Crippen molar-refractivity contribution in [3.8, 4) is 11.5 Å². The summed E-state index contributed by atoms with van der Waals surface area (Å²) >= 11 is 0. The molecule has 0 saturated carbocycles. The summed E-state index contributed by atoms with van der Waals surface area (Å²) in [6, 6.07) is 9.68. The maximum Gasteiger partial charge on any atom is 0.226 e. The van der Waals surface area contributed by atoms with Gasteiger partial charge in [-0.1, -0.05) is 25.1 Å². The minimum absolute atomic E-state index is 0.00138. The molecule has 1 unspecified atom stereocenters. The lowest BCUT2D eigenvalue weighted by Crippen LogP contribution is -2.39. The van der Waals surface area contributed by atoms with E-state index >= 15 is 0 Å². The van der Waals surface area contributed by atoms with Gasteiger partial charge >= 0.3 is 0 Å². The molecule has 0 amide bonds. The summed E-state index contributed by atoms with van der Waals surface area (Å²) in [5.74, 6) is 0.738. The molecule has 2 N–H and O–H groups in total. The van der Waals surface area contributed by atoms with Gasteiger partial charge in [-0.2, -0.15) is 0 Å². The predicted molar refractivity (Wildman–Crippen MR) is 90.3 cm³/mol. The van der Waals surface area contributed by atoms with Gasteiger partial charge < -0.3 is 9.73 Å². The van der Waals surface area contributed by atoms with Gasteiger partial charge in [-0.15, -0.1) is 0 Å². The van der Waals surface area contributed by atoms with E-state index < -0.39 is 10.0 Å². The van der Waals surface area contributed by atoms with Gasteiger partial charge in [0.05, 0.1) is 11.4 Å². The normalized spacial score (nSPS) is 13.1. The van der Waals surface area contributed by atoms with Crippen LogP contribution in [0.5, 0.6) is 0 Å². The zero-order valence-corrected chi connectivity index (χ0v) is 14.3. The van der Waals surface area contributed by atoms with Crippen molar-refractivity contribution < 1.29 is 12.8 Å². The lowest BCUT2D eigenvalue weighted by Gasteiger charge is -2.13. The smallest absolute Gasteiger partial charge is 0.226 e. The summed E-state index contributed by atoms with van der Waals surface area (Å²) in [5, 5.41) is 3.23. The van der Waals surface area contributed by atoms with Gasteiger partial charge in [0.15, 0.2) is 0 Å². The molecular weight excluding hydrogens is 314 g/mol. The fourth-order valence-electron chi connectivity index (χ4n) is 2.05. The van der Waals surface area contributed by atoms with Crippen molar-refractivity contribution in [2.75, 3.05) is 12.3 Å². The molecule has 0 spiro atoms. The monoisotopic (exact) mass is 337 g/mol. The van der Waals surface area contributed by atoms with Gasteiger partial charge in [0.2, 0.25) is 15.9 Å². The standard InChI is InChI=1S/C16H23N3O3S/c1-3-9-23(20,21)18-10-13(2)17-11-15-12-22-16(19-15)14-7-5-4-6-8-14/h4-8,12-13,17-18H,3,9-11H2,1-2H3. The lowest BCUT2D eigenvalue weighted by atomic mass is 10.2. The van der Waals surface area contributed by atoms with Crippen LogP contribution in [0.2, 0.25) is 0 Å². The Labute approximate surface area is 137 Å². The van der Waals surface area contributed by atoms with Crippen molar-refractivity contribution in [2.24, 2.45) is 0 Å². The number of rotatable bonds is 9. The quantitative estimate of drug-likeness (QED) is 0.732. The molecule has 0 aliphatic heterocycles. The SMILES string of the molecule is CCCS(=O)(=O)NCC(C)NCc1coc(-c2ccccc2)n1. The molecule has 1 aromatic carbocycles. The van der Waals surface area contributed by atoms with E-state index in [4.69, 9.17) is 4.42 Å². The molecule has 0 saturated heterocycles. The molecule has 23 heavy (non-hydrogen) atoms. The number of nitrogens with one attached hydrogen (secondary N) is 2. The first-order valence-electron chi connectivity index (χ1n) is 7.70. The van der Waals surface area contributed by atoms with Gasteiger partial charge in [-0.05, 0) is 25.5 Å². The molecule has 1 atom stereocenters. The van der Waals surface area contributed by atoms with Gasteiger partial charge in [-0.25, -0.2) is 18.1 Å². The Hall–Kier alpha value is -1.70. The third-order valence-corrected chi connectivity index (χ3v) is 4.84. The van der Waals surface area contributed by atoms with Crippen LogP contribution in [0.1, 0.15) is 26.0 Å². The summed E-state index contributed by atoms with van der Waals surface area (Å²) in [5.41, 5.74) is 1.71. The number of hydrogen-bond donors (Lipinski definition) is 2. The van der Waals surface area contributed by atoms with Crippen molar-refractivity contribution in [2.45, 2.75) is 32.9 Å². The Balaban J connectivity index is 1.81. The maximum atomic E-state index is 11.6. The average Bonchev–Trinajstić information content (AvgIpc) is 3.01. The summed E-state index contributed by atoms with van der Waals surface area (Å²) in [7, 11) is -3.17. The Morgan fingerprint density at radius 2 is 2.00 bits per heavy atom. The number of nitrogens with zero attached hydrogens (tertiary/aromatic N) is 1. The molecule has 7 heteroatoms.